The van der Waals surface area contributed by atoms with Gasteiger partial charge in [0.2, 0.25) is 0 Å². The minimum Gasteiger partial charge on any atom is -0.486 e. The molecule has 20 heavy (non-hydrogen) atoms. The summed E-state index contributed by atoms with van der Waals surface area (Å²) in [4.78, 5) is 0. The van der Waals surface area contributed by atoms with Gasteiger partial charge in [0.1, 0.15) is 12.4 Å². The number of ether oxygens (including phenoxy) is 1. The normalized spacial score (nSPS) is 10.2. The van der Waals surface area contributed by atoms with Crippen molar-refractivity contribution in [3.8, 4) is 11.8 Å². The zero-order valence-corrected chi connectivity index (χ0v) is 12.4. The molecule has 0 atom stereocenters. The predicted octanol–water partition coefficient (Wildman–Crippen LogP) is 2.80. The maximum Gasteiger partial charge on any atom is 0.192 e. The average Bonchev–Trinajstić information content (AvgIpc) is 2.85. The maximum absolute atomic E-state index is 8.62. The molecule has 1 aromatic heterocycles. The van der Waals surface area contributed by atoms with Gasteiger partial charge in [-0.15, -0.1) is 10.2 Å². The summed E-state index contributed by atoms with van der Waals surface area (Å²) in [7, 11) is 0. The fourth-order valence-corrected chi connectivity index (χ4v) is 2.48. The minimum atomic E-state index is 0.372. The quantitative estimate of drug-likeness (QED) is 0.765. The molecule has 2 aromatic rings. The lowest BCUT2D eigenvalue weighted by molar-refractivity contribution is 0.288. The highest BCUT2D eigenvalue weighted by molar-refractivity contribution is 7.99. The van der Waals surface area contributed by atoms with Gasteiger partial charge in [0.25, 0.3) is 0 Å². The Morgan fingerprint density at radius 3 is 2.95 bits per heavy atom. The number of nitrogens with zero attached hydrogens (tertiary/aromatic N) is 4. The van der Waals surface area contributed by atoms with Gasteiger partial charge in [-0.1, -0.05) is 23.9 Å². The smallest absolute Gasteiger partial charge is 0.192 e. The van der Waals surface area contributed by atoms with Crippen molar-refractivity contribution in [1.29, 1.82) is 5.26 Å². The second-order valence-electron chi connectivity index (χ2n) is 4.20. The summed E-state index contributed by atoms with van der Waals surface area (Å²) in [6.45, 7) is 5.18. The molecular weight excluding hydrogens is 272 g/mol. The number of rotatable bonds is 6. The molecule has 5 nitrogen and oxygen atoms in total. The van der Waals surface area contributed by atoms with E-state index in [2.05, 4.69) is 16.3 Å². The van der Waals surface area contributed by atoms with E-state index in [1.807, 2.05) is 42.7 Å². The van der Waals surface area contributed by atoms with Gasteiger partial charge in [0.05, 0.1) is 11.8 Å². The van der Waals surface area contributed by atoms with Crippen molar-refractivity contribution < 1.29 is 4.74 Å². The van der Waals surface area contributed by atoms with Gasteiger partial charge in [-0.25, -0.2) is 0 Å². The molecule has 0 unspecified atom stereocenters. The van der Waals surface area contributed by atoms with Crippen LogP contribution in [0.15, 0.2) is 29.4 Å². The van der Waals surface area contributed by atoms with Gasteiger partial charge in [-0.2, -0.15) is 5.26 Å². The van der Waals surface area contributed by atoms with E-state index in [1.54, 1.807) is 0 Å². The topological polar surface area (TPSA) is 63.7 Å². The van der Waals surface area contributed by atoms with Gasteiger partial charge >= 0.3 is 0 Å². The molecule has 0 saturated carbocycles. The Labute approximate surface area is 122 Å². The molecule has 0 radical (unpaired) electrons. The van der Waals surface area contributed by atoms with Crippen molar-refractivity contribution in [2.45, 2.75) is 32.2 Å². The van der Waals surface area contributed by atoms with Crippen LogP contribution in [0, 0.1) is 18.3 Å². The second-order valence-corrected chi connectivity index (χ2v) is 5.14. The van der Waals surface area contributed by atoms with Crippen molar-refractivity contribution >= 4 is 11.8 Å². The molecule has 0 bridgehead atoms. The van der Waals surface area contributed by atoms with Crippen LogP contribution in [-0.2, 0) is 13.2 Å². The summed E-state index contributed by atoms with van der Waals surface area (Å²) in [6.07, 6.45) is 0. The molecule has 0 fully saturated rings. The molecule has 0 saturated heterocycles. The summed E-state index contributed by atoms with van der Waals surface area (Å²) in [6, 6.07) is 9.98. The number of aryl methyl sites for hydroxylation is 1. The standard InChI is InChI=1S/C14H16N4OS/c1-3-18-13(16-17-14(18)20-8-7-15)10-19-12-6-4-5-11(2)9-12/h4-6,9H,3,8,10H2,1-2H3. The highest BCUT2D eigenvalue weighted by atomic mass is 32.2. The molecule has 1 heterocycles. The predicted molar refractivity (Wildman–Crippen MR) is 77.5 cm³/mol. The van der Waals surface area contributed by atoms with Crippen LogP contribution in [0.25, 0.3) is 0 Å². The third-order valence-electron chi connectivity index (χ3n) is 2.73. The van der Waals surface area contributed by atoms with E-state index in [1.165, 1.54) is 11.8 Å². The van der Waals surface area contributed by atoms with Crippen LogP contribution in [0.3, 0.4) is 0 Å². The summed E-state index contributed by atoms with van der Waals surface area (Å²) >= 11 is 1.39. The number of hydrogen-bond donors (Lipinski definition) is 0. The maximum atomic E-state index is 8.62. The lowest BCUT2D eigenvalue weighted by Crippen LogP contribution is -2.07. The van der Waals surface area contributed by atoms with Crippen LogP contribution in [0.5, 0.6) is 5.75 Å². The van der Waals surface area contributed by atoms with E-state index in [-0.39, 0.29) is 0 Å². The molecule has 0 N–H and O–H groups in total. The summed E-state index contributed by atoms with van der Waals surface area (Å²) < 4.78 is 7.71. The summed E-state index contributed by atoms with van der Waals surface area (Å²) in [5, 5.41) is 17.6. The number of nitriles is 1. The van der Waals surface area contributed by atoms with Crippen molar-refractivity contribution in [2.75, 3.05) is 5.75 Å². The minimum absolute atomic E-state index is 0.372. The lowest BCUT2D eigenvalue weighted by Gasteiger charge is -2.08. The highest BCUT2D eigenvalue weighted by Crippen LogP contribution is 2.18. The van der Waals surface area contributed by atoms with Crippen molar-refractivity contribution in [3.05, 3.63) is 35.7 Å². The molecular formula is C14H16N4OS. The molecule has 0 spiro atoms. The molecule has 0 aliphatic heterocycles. The van der Waals surface area contributed by atoms with Gasteiger partial charge in [-0.3, -0.25) is 0 Å². The second kappa shape index (κ2) is 6.96. The molecule has 2 rings (SSSR count). The monoisotopic (exact) mass is 288 g/mol. The van der Waals surface area contributed by atoms with Gasteiger partial charge in [0, 0.05) is 6.54 Å². The number of benzene rings is 1. The number of aromatic nitrogens is 3. The Balaban J connectivity index is 2.06. The van der Waals surface area contributed by atoms with E-state index in [9.17, 15) is 0 Å². The van der Waals surface area contributed by atoms with Crippen LogP contribution in [0.4, 0.5) is 0 Å². The van der Waals surface area contributed by atoms with E-state index in [0.717, 1.165) is 28.8 Å². The molecule has 104 valence electrons. The van der Waals surface area contributed by atoms with Crippen molar-refractivity contribution in [3.63, 3.8) is 0 Å². The van der Waals surface area contributed by atoms with E-state index in [4.69, 9.17) is 10.00 Å². The third kappa shape index (κ3) is 3.52. The first kappa shape index (κ1) is 14.4. The third-order valence-corrected chi connectivity index (χ3v) is 3.57. The summed E-state index contributed by atoms with van der Waals surface area (Å²) in [5.74, 6) is 1.97. The Morgan fingerprint density at radius 2 is 2.25 bits per heavy atom. The van der Waals surface area contributed by atoms with Crippen LogP contribution < -0.4 is 4.74 Å². The fraction of sp³-hybridized carbons (Fsp3) is 0.357. The Hall–Kier alpha value is -2.00. The summed E-state index contributed by atoms with van der Waals surface area (Å²) in [5.41, 5.74) is 1.16. The molecule has 1 aromatic carbocycles. The van der Waals surface area contributed by atoms with Gasteiger partial charge < -0.3 is 9.30 Å². The fourth-order valence-electron chi connectivity index (χ4n) is 1.80. The molecule has 0 aliphatic rings. The van der Waals surface area contributed by atoms with E-state index in [0.29, 0.717) is 12.4 Å². The van der Waals surface area contributed by atoms with Crippen molar-refractivity contribution in [2.24, 2.45) is 0 Å². The lowest BCUT2D eigenvalue weighted by atomic mass is 10.2. The zero-order chi connectivity index (χ0) is 14.4. The van der Waals surface area contributed by atoms with Crippen LogP contribution >= 0.6 is 11.8 Å². The molecule has 0 amide bonds. The molecule has 0 aliphatic carbocycles. The Morgan fingerprint density at radius 1 is 1.40 bits per heavy atom. The Bertz CT molecular complexity index is 618. The number of thioether (sulfide) groups is 1. The average molecular weight is 288 g/mol. The van der Waals surface area contributed by atoms with Crippen LogP contribution in [0.2, 0.25) is 0 Å². The van der Waals surface area contributed by atoms with Crippen LogP contribution in [-0.4, -0.2) is 20.5 Å². The molecule has 6 heteroatoms. The SMILES string of the molecule is CCn1c(COc2cccc(C)c2)nnc1SCC#N. The van der Waals surface area contributed by atoms with Crippen LogP contribution in [0.1, 0.15) is 18.3 Å². The first-order valence-electron chi connectivity index (χ1n) is 6.36. The van der Waals surface area contributed by atoms with Crippen molar-refractivity contribution in [1.82, 2.24) is 14.8 Å². The largest absolute Gasteiger partial charge is 0.486 e. The van der Waals surface area contributed by atoms with Gasteiger partial charge in [-0.05, 0) is 31.5 Å². The highest BCUT2D eigenvalue weighted by Gasteiger charge is 2.11. The van der Waals surface area contributed by atoms with E-state index < -0.39 is 0 Å². The Kier molecular flexibility index (Phi) is 5.02. The zero-order valence-electron chi connectivity index (χ0n) is 11.5. The van der Waals surface area contributed by atoms with E-state index >= 15 is 0 Å². The number of hydrogen-bond acceptors (Lipinski definition) is 5. The van der Waals surface area contributed by atoms with Gasteiger partial charge in [0.15, 0.2) is 11.0 Å². The first-order valence-corrected chi connectivity index (χ1v) is 7.34. The first-order chi connectivity index (χ1) is 9.74.